The van der Waals surface area contributed by atoms with E-state index < -0.39 is 0 Å². The van der Waals surface area contributed by atoms with Crippen molar-refractivity contribution in [1.29, 1.82) is 0 Å². The van der Waals surface area contributed by atoms with Crippen molar-refractivity contribution in [2.45, 2.75) is 13.2 Å². The lowest BCUT2D eigenvalue weighted by molar-refractivity contribution is -0.0739. The van der Waals surface area contributed by atoms with Crippen LogP contribution in [0.3, 0.4) is 0 Å². The molecule has 0 amide bonds. The topological polar surface area (TPSA) is 36.9 Å². The lowest BCUT2D eigenvalue weighted by atomic mass is 10.2. The van der Waals surface area contributed by atoms with Gasteiger partial charge in [-0.2, -0.15) is 0 Å². The second kappa shape index (κ2) is 10.2. The van der Waals surface area contributed by atoms with E-state index in [1.165, 1.54) is 0 Å². The first-order chi connectivity index (χ1) is 13.7. The molecule has 144 valence electrons. The third-order valence-corrected chi connectivity index (χ3v) is 3.93. The van der Waals surface area contributed by atoms with E-state index in [9.17, 15) is 0 Å². The Hall–Kier alpha value is -3.24. The van der Waals surface area contributed by atoms with Gasteiger partial charge in [0.05, 0.1) is 6.61 Å². The first-order valence-corrected chi connectivity index (χ1v) is 9.19. The molecule has 28 heavy (non-hydrogen) atoms. The molecule has 0 saturated carbocycles. The predicted molar refractivity (Wildman–Crippen MR) is 111 cm³/mol. The highest BCUT2D eigenvalue weighted by Gasteiger charge is 2.04. The molecule has 0 radical (unpaired) electrons. The highest BCUT2D eigenvalue weighted by atomic mass is 16.7. The van der Waals surface area contributed by atoms with Gasteiger partial charge in [-0.05, 0) is 61.0 Å². The quantitative estimate of drug-likeness (QED) is 0.324. The molecule has 3 rings (SSSR count). The molecule has 0 N–H and O–H groups in total. The zero-order chi connectivity index (χ0) is 19.6. The van der Waals surface area contributed by atoms with Crippen molar-refractivity contribution >= 4 is 6.08 Å². The Kier molecular flexibility index (Phi) is 7.10. The molecule has 4 heteroatoms. The van der Waals surface area contributed by atoms with Gasteiger partial charge in [0.25, 0.3) is 0 Å². The predicted octanol–water partition coefficient (Wildman–Crippen LogP) is 5.94. The summed E-state index contributed by atoms with van der Waals surface area (Å²) in [5, 5.41) is 0. The second-order valence-electron chi connectivity index (χ2n) is 6.06. The zero-order valence-corrected chi connectivity index (χ0v) is 15.9. The number of hydrogen-bond acceptors (Lipinski definition) is 4. The van der Waals surface area contributed by atoms with E-state index in [4.69, 9.17) is 18.9 Å². The summed E-state index contributed by atoms with van der Waals surface area (Å²) in [7, 11) is 0. The second-order valence-corrected chi connectivity index (χ2v) is 6.06. The minimum Gasteiger partial charge on any atom is -0.491 e. The third-order valence-electron chi connectivity index (χ3n) is 3.93. The molecule has 3 aromatic rings. The SMILES string of the molecule is C=Cc1ccc(OC(C)OCCOc2ccc(Oc3ccccc3)cc2)cc1. The van der Waals surface area contributed by atoms with Crippen molar-refractivity contribution in [3.05, 3.63) is 91.0 Å². The lowest BCUT2D eigenvalue weighted by Crippen LogP contribution is -2.19. The van der Waals surface area contributed by atoms with Crippen LogP contribution in [0, 0.1) is 0 Å². The molecule has 0 spiro atoms. The van der Waals surface area contributed by atoms with Gasteiger partial charge in [0.15, 0.2) is 6.29 Å². The van der Waals surface area contributed by atoms with Crippen molar-refractivity contribution in [3.63, 3.8) is 0 Å². The van der Waals surface area contributed by atoms with E-state index in [0.29, 0.717) is 13.2 Å². The number of rotatable bonds is 10. The van der Waals surface area contributed by atoms with Crippen LogP contribution in [0.2, 0.25) is 0 Å². The van der Waals surface area contributed by atoms with Crippen molar-refractivity contribution < 1.29 is 18.9 Å². The van der Waals surface area contributed by atoms with Crippen molar-refractivity contribution in [1.82, 2.24) is 0 Å². The minimum atomic E-state index is -0.361. The standard InChI is InChI=1S/C24H24O4/c1-3-20-9-11-23(12-10-20)27-19(2)25-17-18-26-21-13-15-24(16-14-21)28-22-7-5-4-6-8-22/h3-16,19H,1,17-18H2,2H3. The summed E-state index contributed by atoms with van der Waals surface area (Å²) in [5.41, 5.74) is 1.05. The maximum absolute atomic E-state index is 5.76. The van der Waals surface area contributed by atoms with Crippen LogP contribution in [-0.4, -0.2) is 19.5 Å². The molecule has 0 fully saturated rings. The molecule has 1 unspecified atom stereocenters. The molecule has 0 aliphatic rings. The van der Waals surface area contributed by atoms with E-state index in [2.05, 4.69) is 6.58 Å². The summed E-state index contributed by atoms with van der Waals surface area (Å²) in [5.74, 6) is 3.09. The van der Waals surface area contributed by atoms with Crippen LogP contribution in [0.25, 0.3) is 6.08 Å². The van der Waals surface area contributed by atoms with Crippen LogP contribution in [0.4, 0.5) is 0 Å². The summed E-state index contributed by atoms with van der Waals surface area (Å²) in [4.78, 5) is 0. The smallest absolute Gasteiger partial charge is 0.197 e. The maximum atomic E-state index is 5.76. The summed E-state index contributed by atoms with van der Waals surface area (Å²) < 4.78 is 22.8. The van der Waals surface area contributed by atoms with Crippen LogP contribution in [0.5, 0.6) is 23.0 Å². The monoisotopic (exact) mass is 376 g/mol. The molecule has 0 saturated heterocycles. The Morgan fingerprint density at radius 3 is 2.04 bits per heavy atom. The number of para-hydroxylation sites is 1. The average Bonchev–Trinajstić information content (AvgIpc) is 2.74. The summed E-state index contributed by atoms with van der Waals surface area (Å²) in [6.07, 6.45) is 1.43. The fourth-order valence-electron chi connectivity index (χ4n) is 2.51. The first kappa shape index (κ1) is 19.5. The molecule has 3 aromatic carbocycles. The summed E-state index contributed by atoms with van der Waals surface area (Å²) >= 11 is 0. The zero-order valence-electron chi connectivity index (χ0n) is 15.9. The van der Waals surface area contributed by atoms with E-state index in [0.717, 1.165) is 28.6 Å². The average molecular weight is 376 g/mol. The molecule has 0 aliphatic carbocycles. The summed E-state index contributed by atoms with van der Waals surface area (Å²) in [6.45, 7) is 6.45. The van der Waals surface area contributed by atoms with Crippen molar-refractivity contribution in [3.8, 4) is 23.0 Å². The molecular formula is C24H24O4. The molecule has 0 aliphatic heterocycles. The normalized spacial score (nSPS) is 11.5. The number of benzene rings is 3. The van der Waals surface area contributed by atoms with Gasteiger partial charge in [-0.15, -0.1) is 0 Å². The van der Waals surface area contributed by atoms with Gasteiger partial charge >= 0.3 is 0 Å². The fourth-order valence-corrected chi connectivity index (χ4v) is 2.51. The van der Waals surface area contributed by atoms with E-state index in [1.807, 2.05) is 85.8 Å². The van der Waals surface area contributed by atoms with Crippen LogP contribution in [0.1, 0.15) is 12.5 Å². The number of ether oxygens (including phenoxy) is 4. The Labute approximate surface area is 165 Å². The van der Waals surface area contributed by atoms with Gasteiger partial charge in [0, 0.05) is 0 Å². The molecular weight excluding hydrogens is 352 g/mol. The first-order valence-electron chi connectivity index (χ1n) is 9.19. The Balaban J connectivity index is 1.36. The van der Waals surface area contributed by atoms with E-state index >= 15 is 0 Å². The van der Waals surface area contributed by atoms with E-state index in [1.54, 1.807) is 6.08 Å². The van der Waals surface area contributed by atoms with E-state index in [-0.39, 0.29) is 6.29 Å². The largest absolute Gasteiger partial charge is 0.491 e. The molecule has 0 bridgehead atoms. The molecule has 0 heterocycles. The van der Waals surface area contributed by atoms with Crippen LogP contribution in [0.15, 0.2) is 85.4 Å². The number of hydrogen-bond donors (Lipinski definition) is 0. The van der Waals surface area contributed by atoms with Crippen LogP contribution in [-0.2, 0) is 4.74 Å². The highest BCUT2D eigenvalue weighted by molar-refractivity contribution is 5.48. The molecule has 4 nitrogen and oxygen atoms in total. The van der Waals surface area contributed by atoms with Crippen molar-refractivity contribution in [2.75, 3.05) is 13.2 Å². The van der Waals surface area contributed by atoms with Crippen LogP contribution >= 0.6 is 0 Å². The lowest BCUT2D eigenvalue weighted by Gasteiger charge is -2.16. The summed E-state index contributed by atoms with van der Waals surface area (Å²) in [6, 6.07) is 24.9. The Morgan fingerprint density at radius 2 is 1.36 bits per heavy atom. The van der Waals surface area contributed by atoms with Gasteiger partial charge in [0.1, 0.15) is 29.6 Å². The van der Waals surface area contributed by atoms with Gasteiger partial charge in [-0.1, -0.05) is 43.0 Å². The fraction of sp³-hybridized carbons (Fsp3) is 0.167. The highest BCUT2D eigenvalue weighted by Crippen LogP contribution is 2.23. The Morgan fingerprint density at radius 1 is 0.750 bits per heavy atom. The Bertz CT molecular complexity index is 842. The third kappa shape index (κ3) is 6.18. The van der Waals surface area contributed by atoms with Crippen molar-refractivity contribution in [2.24, 2.45) is 0 Å². The van der Waals surface area contributed by atoms with Crippen LogP contribution < -0.4 is 14.2 Å². The van der Waals surface area contributed by atoms with Gasteiger partial charge in [0.2, 0.25) is 0 Å². The maximum Gasteiger partial charge on any atom is 0.197 e. The molecule has 0 aromatic heterocycles. The van der Waals surface area contributed by atoms with Gasteiger partial charge in [-0.25, -0.2) is 0 Å². The van der Waals surface area contributed by atoms with Gasteiger partial charge in [-0.3, -0.25) is 0 Å². The van der Waals surface area contributed by atoms with Gasteiger partial charge < -0.3 is 18.9 Å². The minimum absolute atomic E-state index is 0.361. The molecule has 1 atom stereocenters.